The van der Waals surface area contributed by atoms with Gasteiger partial charge in [0.25, 0.3) is 0 Å². The fraction of sp³-hybridized carbons (Fsp3) is 0.727. The third-order valence-corrected chi connectivity index (χ3v) is 8.08. The number of ether oxygens (including phenoxy) is 2. The number of aromatic carboxylic acids is 1. The fourth-order valence-electron chi connectivity index (χ4n) is 5.68. The summed E-state index contributed by atoms with van der Waals surface area (Å²) in [5.41, 5.74) is 1.82. The quantitative estimate of drug-likeness (QED) is 0.132. The van der Waals surface area contributed by atoms with Gasteiger partial charge in [-0.3, -0.25) is 0 Å². The molecular weight excluding hydrogens is 534 g/mol. The summed E-state index contributed by atoms with van der Waals surface area (Å²) in [4.78, 5) is 39.3. The second-order valence-electron chi connectivity index (χ2n) is 11.4. The maximum atomic E-state index is 12.9. The van der Waals surface area contributed by atoms with Crippen LogP contribution >= 0.6 is 0 Å². The lowest BCUT2D eigenvalue weighted by Crippen LogP contribution is -2.48. The van der Waals surface area contributed by atoms with Gasteiger partial charge in [0, 0.05) is 19.1 Å². The van der Waals surface area contributed by atoms with Gasteiger partial charge in [0.1, 0.15) is 0 Å². The summed E-state index contributed by atoms with van der Waals surface area (Å²) in [5.74, 6) is -0.909. The second-order valence-corrected chi connectivity index (χ2v) is 11.4. The number of carboxylic acid groups (broad SMARTS) is 1. The Bertz CT molecular complexity index is 975. The van der Waals surface area contributed by atoms with Gasteiger partial charge in [-0.2, -0.15) is 0 Å². The van der Waals surface area contributed by atoms with Crippen molar-refractivity contribution in [3.05, 3.63) is 34.9 Å². The van der Waals surface area contributed by atoms with E-state index in [0.717, 1.165) is 81.9 Å². The van der Waals surface area contributed by atoms with Crippen LogP contribution in [0.4, 0.5) is 4.79 Å². The highest BCUT2D eigenvalue weighted by molar-refractivity contribution is 5.91. The van der Waals surface area contributed by atoms with Crippen LogP contribution in [0.1, 0.15) is 119 Å². The first kappa shape index (κ1) is 35.5. The molecule has 0 spiro atoms. The van der Waals surface area contributed by atoms with Crippen molar-refractivity contribution < 1.29 is 29.0 Å². The van der Waals surface area contributed by atoms with Gasteiger partial charge in [0.05, 0.1) is 37.5 Å². The standard InChI is InChI=1S/C28H44N2O5.C5H9NO/c1-3-4-16-29-28(33)30(23-12-6-5-7-13-23)17-18-34-24-14-9-15-25(19-24)35-20-22-11-8-10-21(2)26(22)27(31)32;1-2-3-4-6-5-7/h8,10-11,23-25H,3-7,9,12-20H2,1-2H3,(H,29,33)(H,31,32);2-4H2,1H3/t24-,25+;/m1./s1. The Morgan fingerprint density at radius 3 is 2.40 bits per heavy atom. The number of amides is 2. The maximum Gasteiger partial charge on any atom is 0.336 e. The lowest BCUT2D eigenvalue weighted by Gasteiger charge is -2.35. The Labute approximate surface area is 252 Å². The first-order valence-electron chi connectivity index (χ1n) is 16.0. The molecule has 0 bridgehead atoms. The number of aryl methyl sites for hydroxylation is 1. The van der Waals surface area contributed by atoms with Crippen LogP contribution in [0.2, 0.25) is 0 Å². The molecule has 42 heavy (non-hydrogen) atoms. The van der Waals surface area contributed by atoms with Gasteiger partial charge in [-0.05, 0) is 69.4 Å². The minimum Gasteiger partial charge on any atom is -0.478 e. The van der Waals surface area contributed by atoms with Crippen LogP contribution in [-0.2, 0) is 20.9 Å². The molecule has 1 aromatic rings. The SMILES string of the molecule is CCCCN=C=O.CCCCNC(=O)N(CCO[C@@H]1CCC[C@H](OCc2cccc(C)c2C(=O)O)C1)C1CCCCC1. The number of urea groups is 1. The predicted octanol–water partition coefficient (Wildman–Crippen LogP) is 6.80. The zero-order valence-corrected chi connectivity index (χ0v) is 26.1. The van der Waals surface area contributed by atoms with Gasteiger partial charge < -0.3 is 24.8 Å². The second kappa shape index (κ2) is 21.0. The molecule has 3 rings (SSSR count). The number of rotatable bonds is 15. The van der Waals surface area contributed by atoms with Gasteiger partial charge >= 0.3 is 12.0 Å². The van der Waals surface area contributed by atoms with Crippen molar-refractivity contribution in [3.8, 4) is 0 Å². The third kappa shape index (κ3) is 13.1. The minimum atomic E-state index is -0.909. The van der Waals surface area contributed by atoms with Gasteiger partial charge in [-0.25, -0.2) is 19.4 Å². The van der Waals surface area contributed by atoms with E-state index in [-0.39, 0.29) is 18.2 Å². The molecule has 2 atom stereocenters. The molecule has 0 heterocycles. The molecule has 9 nitrogen and oxygen atoms in total. The van der Waals surface area contributed by atoms with Crippen molar-refractivity contribution >= 4 is 18.1 Å². The number of nitrogens with zero attached hydrogens (tertiary/aromatic N) is 2. The van der Waals surface area contributed by atoms with Crippen molar-refractivity contribution in [2.24, 2.45) is 4.99 Å². The zero-order chi connectivity index (χ0) is 30.6. The van der Waals surface area contributed by atoms with Gasteiger partial charge in [0.2, 0.25) is 6.08 Å². The van der Waals surface area contributed by atoms with E-state index in [9.17, 15) is 19.5 Å². The van der Waals surface area contributed by atoms with E-state index in [1.54, 1.807) is 0 Å². The van der Waals surface area contributed by atoms with Gasteiger partial charge in [0.15, 0.2) is 0 Å². The number of nitrogens with one attached hydrogen (secondary N) is 1. The topological polar surface area (TPSA) is 118 Å². The van der Waals surface area contributed by atoms with Gasteiger partial charge in [-0.15, -0.1) is 0 Å². The summed E-state index contributed by atoms with van der Waals surface area (Å²) in [5, 5.41) is 12.6. The molecule has 236 valence electrons. The molecular formula is C33H53N3O6. The smallest absolute Gasteiger partial charge is 0.336 e. The number of carbonyl (C=O) groups excluding carboxylic acids is 2. The Morgan fingerprint density at radius 1 is 1.02 bits per heavy atom. The van der Waals surface area contributed by atoms with Crippen molar-refractivity contribution in [1.82, 2.24) is 10.2 Å². The first-order valence-corrected chi connectivity index (χ1v) is 16.0. The summed E-state index contributed by atoms with van der Waals surface area (Å²) in [6.07, 6.45) is 15.4. The molecule has 2 aliphatic carbocycles. The summed E-state index contributed by atoms with van der Waals surface area (Å²) >= 11 is 0. The lowest BCUT2D eigenvalue weighted by molar-refractivity contribution is -0.0537. The van der Waals surface area contributed by atoms with E-state index in [1.807, 2.05) is 30.0 Å². The molecule has 2 aliphatic rings. The molecule has 0 aliphatic heterocycles. The number of hydrogen-bond donors (Lipinski definition) is 2. The predicted molar refractivity (Wildman–Crippen MR) is 165 cm³/mol. The number of isocyanates is 1. The largest absolute Gasteiger partial charge is 0.478 e. The van der Waals surface area contributed by atoms with Crippen molar-refractivity contribution in [2.45, 2.75) is 129 Å². The minimum absolute atomic E-state index is 0.0474. The van der Waals surface area contributed by atoms with E-state index >= 15 is 0 Å². The van der Waals surface area contributed by atoms with Crippen molar-refractivity contribution in [3.63, 3.8) is 0 Å². The molecule has 2 saturated carbocycles. The van der Waals surface area contributed by atoms with Crippen LogP contribution in [0, 0.1) is 6.92 Å². The summed E-state index contributed by atoms with van der Waals surface area (Å²) in [6.45, 7) is 8.83. The van der Waals surface area contributed by atoms with E-state index in [4.69, 9.17) is 9.47 Å². The van der Waals surface area contributed by atoms with Crippen LogP contribution in [0.15, 0.2) is 23.2 Å². The molecule has 1 aromatic carbocycles. The van der Waals surface area contributed by atoms with Crippen LogP contribution in [-0.4, -0.2) is 72.6 Å². The van der Waals surface area contributed by atoms with Crippen molar-refractivity contribution in [1.29, 1.82) is 0 Å². The molecule has 0 aromatic heterocycles. The van der Waals surface area contributed by atoms with Crippen LogP contribution in [0.3, 0.4) is 0 Å². The Morgan fingerprint density at radius 2 is 1.74 bits per heavy atom. The fourth-order valence-corrected chi connectivity index (χ4v) is 5.68. The van der Waals surface area contributed by atoms with E-state index in [0.29, 0.717) is 37.9 Å². The first-order chi connectivity index (χ1) is 20.4. The van der Waals surface area contributed by atoms with Gasteiger partial charge in [-0.1, -0.05) is 64.2 Å². The molecule has 9 heteroatoms. The Balaban J connectivity index is 0.000000782. The van der Waals surface area contributed by atoms with E-state index in [2.05, 4.69) is 24.2 Å². The average molecular weight is 588 g/mol. The normalized spacial score (nSPS) is 18.7. The number of benzene rings is 1. The summed E-state index contributed by atoms with van der Waals surface area (Å²) in [7, 11) is 0. The Kier molecular flexibility index (Phi) is 17.8. The van der Waals surface area contributed by atoms with Crippen LogP contribution in [0.5, 0.6) is 0 Å². The number of hydrogen-bond acceptors (Lipinski definition) is 6. The molecule has 2 N–H and O–H groups in total. The number of aliphatic imine (C=N–C) groups is 1. The molecule has 0 saturated heterocycles. The molecule has 2 fully saturated rings. The lowest BCUT2D eigenvalue weighted by atomic mass is 9.94. The highest BCUT2D eigenvalue weighted by atomic mass is 16.5. The molecule has 0 unspecified atom stereocenters. The number of unbranched alkanes of at least 4 members (excludes halogenated alkanes) is 2. The summed E-state index contributed by atoms with van der Waals surface area (Å²) in [6, 6.07) is 5.89. The monoisotopic (exact) mass is 587 g/mol. The molecule has 0 radical (unpaired) electrons. The Hall–Kier alpha value is -2.74. The summed E-state index contributed by atoms with van der Waals surface area (Å²) < 4.78 is 12.4. The van der Waals surface area contributed by atoms with Crippen molar-refractivity contribution in [2.75, 3.05) is 26.2 Å². The molecule has 2 amide bonds. The number of carboxylic acids is 1. The van der Waals surface area contributed by atoms with Crippen LogP contribution < -0.4 is 5.32 Å². The maximum absolute atomic E-state index is 12.9. The van der Waals surface area contributed by atoms with E-state index < -0.39 is 5.97 Å². The van der Waals surface area contributed by atoms with E-state index in [1.165, 1.54) is 25.3 Å². The highest BCUT2D eigenvalue weighted by Gasteiger charge is 2.27. The van der Waals surface area contributed by atoms with Crippen LogP contribution in [0.25, 0.3) is 0 Å². The third-order valence-electron chi connectivity index (χ3n) is 8.08. The average Bonchev–Trinajstić information content (AvgIpc) is 2.99. The zero-order valence-electron chi connectivity index (χ0n) is 26.1. The highest BCUT2D eigenvalue weighted by Crippen LogP contribution is 2.26. The number of carbonyl (C=O) groups is 2.